The summed E-state index contributed by atoms with van der Waals surface area (Å²) < 4.78 is 58.2. The summed E-state index contributed by atoms with van der Waals surface area (Å²) in [5.74, 6) is -0.746. The van der Waals surface area contributed by atoms with Crippen LogP contribution >= 0.6 is 11.8 Å². The van der Waals surface area contributed by atoms with Crippen molar-refractivity contribution >= 4 is 29.0 Å². The molecule has 9 heteroatoms. The Kier molecular flexibility index (Phi) is 5.45. The van der Waals surface area contributed by atoms with Crippen molar-refractivity contribution in [3.8, 4) is 11.3 Å². The number of alkyl halides is 3. The average molecular weight is 447 g/mol. The molecule has 1 aliphatic rings. The molecule has 0 radical (unpaired) electrons. The third-order valence-electron chi connectivity index (χ3n) is 4.53. The molecule has 0 spiro atoms. The van der Waals surface area contributed by atoms with Crippen molar-refractivity contribution in [2.75, 3.05) is 0 Å². The molecule has 0 bridgehead atoms. The van der Waals surface area contributed by atoms with Crippen LogP contribution in [0, 0.1) is 5.82 Å². The summed E-state index contributed by atoms with van der Waals surface area (Å²) >= 11 is 0.680. The Hall–Kier alpha value is -3.33. The Balaban J connectivity index is 1.55. The van der Waals surface area contributed by atoms with Crippen LogP contribution in [0.5, 0.6) is 0 Å². The zero-order valence-corrected chi connectivity index (χ0v) is 16.5. The lowest BCUT2D eigenvalue weighted by Gasteiger charge is -2.12. The van der Waals surface area contributed by atoms with Gasteiger partial charge < -0.3 is 4.42 Å². The van der Waals surface area contributed by atoms with Crippen molar-refractivity contribution in [3.05, 3.63) is 88.3 Å². The standard InChI is InChI=1S/C22H13F4NO3S/c23-17-7-2-1-4-14(17)12-27-20(28)19(31-21(27)29)11-16-8-9-18(30-16)13-5-3-6-15(10-13)22(24,25)26/h1-11H,12H2/b19-11-. The molecule has 0 aliphatic carbocycles. The Bertz CT molecular complexity index is 1200. The highest BCUT2D eigenvalue weighted by atomic mass is 32.2. The van der Waals surface area contributed by atoms with Crippen molar-refractivity contribution in [2.45, 2.75) is 12.7 Å². The molecule has 4 nitrogen and oxygen atoms in total. The van der Waals surface area contributed by atoms with Crippen molar-refractivity contribution in [1.82, 2.24) is 4.90 Å². The van der Waals surface area contributed by atoms with E-state index in [2.05, 4.69) is 0 Å². The van der Waals surface area contributed by atoms with Gasteiger partial charge in [0.1, 0.15) is 17.3 Å². The van der Waals surface area contributed by atoms with Crippen LogP contribution in [0.4, 0.5) is 22.4 Å². The lowest BCUT2D eigenvalue weighted by molar-refractivity contribution is -0.137. The van der Waals surface area contributed by atoms with Crippen LogP contribution in [0.3, 0.4) is 0 Å². The summed E-state index contributed by atoms with van der Waals surface area (Å²) in [4.78, 5) is 25.8. The fourth-order valence-corrected chi connectivity index (χ4v) is 3.82. The van der Waals surface area contributed by atoms with E-state index >= 15 is 0 Å². The third-order valence-corrected chi connectivity index (χ3v) is 5.44. The van der Waals surface area contributed by atoms with E-state index in [1.807, 2.05) is 0 Å². The number of hydrogen-bond acceptors (Lipinski definition) is 4. The van der Waals surface area contributed by atoms with E-state index < -0.39 is 28.7 Å². The molecular weight excluding hydrogens is 434 g/mol. The minimum atomic E-state index is -4.48. The predicted molar refractivity (Wildman–Crippen MR) is 107 cm³/mol. The second kappa shape index (κ2) is 8.07. The number of carbonyl (C=O) groups is 2. The van der Waals surface area contributed by atoms with Gasteiger partial charge in [-0.2, -0.15) is 13.2 Å². The molecule has 1 fully saturated rings. The van der Waals surface area contributed by atoms with Gasteiger partial charge in [-0.1, -0.05) is 30.3 Å². The molecule has 2 aromatic carbocycles. The zero-order chi connectivity index (χ0) is 22.2. The van der Waals surface area contributed by atoms with Gasteiger partial charge in [-0.15, -0.1) is 0 Å². The molecule has 1 aliphatic heterocycles. The van der Waals surface area contributed by atoms with Gasteiger partial charge in [-0.3, -0.25) is 14.5 Å². The lowest BCUT2D eigenvalue weighted by atomic mass is 10.1. The van der Waals surface area contributed by atoms with E-state index in [4.69, 9.17) is 4.42 Å². The predicted octanol–water partition coefficient (Wildman–Crippen LogP) is 6.34. The molecule has 0 unspecified atom stereocenters. The van der Waals surface area contributed by atoms with Crippen LogP contribution < -0.4 is 0 Å². The number of furan rings is 1. The van der Waals surface area contributed by atoms with E-state index in [0.717, 1.165) is 17.0 Å². The Morgan fingerprint density at radius 2 is 1.77 bits per heavy atom. The van der Waals surface area contributed by atoms with E-state index in [1.165, 1.54) is 48.5 Å². The van der Waals surface area contributed by atoms with E-state index in [-0.39, 0.29) is 34.1 Å². The number of carbonyl (C=O) groups excluding carboxylic acids is 2. The normalized spacial score (nSPS) is 15.9. The third kappa shape index (κ3) is 4.41. The largest absolute Gasteiger partial charge is 0.457 e. The first-order chi connectivity index (χ1) is 14.7. The van der Waals surface area contributed by atoms with Crippen molar-refractivity contribution in [2.24, 2.45) is 0 Å². The van der Waals surface area contributed by atoms with Crippen molar-refractivity contribution in [1.29, 1.82) is 0 Å². The first kappa shape index (κ1) is 20.9. The first-order valence-corrected chi connectivity index (χ1v) is 9.80. The highest BCUT2D eigenvalue weighted by Gasteiger charge is 2.35. The molecule has 2 amide bonds. The Morgan fingerprint density at radius 3 is 2.52 bits per heavy atom. The van der Waals surface area contributed by atoms with Gasteiger partial charge >= 0.3 is 6.18 Å². The highest BCUT2D eigenvalue weighted by molar-refractivity contribution is 8.18. The van der Waals surface area contributed by atoms with Crippen LogP contribution in [0.15, 0.2) is 70.0 Å². The smallest absolute Gasteiger partial charge is 0.416 e. The summed E-state index contributed by atoms with van der Waals surface area (Å²) in [5, 5.41) is -0.552. The molecule has 0 N–H and O–H groups in total. The molecule has 1 saturated heterocycles. The maximum atomic E-state index is 13.9. The van der Waals surface area contributed by atoms with Gasteiger partial charge in [0.05, 0.1) is 17.0 Å². The molecular formula is C22H13F4NO3S. The van der Waals surface area contributed by atoms with E-state index in [1.54, 1.807) is 6.07 Å². The summed E-state index contributed by atoms with van der Waals surface area (Å²) in [6.45, 7) is -0.206. The number of thioether (sulfide) groups is 1. The van der Waals surface area contributed by atoms with Gasteiger partial charge in [0.25, 0.3) is 11.1 Å². The minimum Gasteiger partial charge on any atom is -0.457 e. The van der Waals surface area contributed by atoms with Crippen LogP contribution in [0.25, 0.3) is 17.4 Å². The first-order valence-electron chi connectivity index (χ1n) is 8.98. The van der Waals surface area contributed by atoms with E-state index in [9.17, 15) is 27.2 Å². The molecule has 0 saturated carbocycles. The maximum Gasteiger partial charge on any atom is 0.416 e. The van der Waals surface area contributed by atoms with Crippen LogP contribution in [0.1, 0.15) is 16.9 Å². The second-order valence-electron chi connectivity index (χ2n) is 6.64. The van der Waals surface area contributed by atoms with Crippen molar-refractivity contribution in [3.63, 3.8) is 0 Å². The molecule has 1 aromatic heterocycles. The summed E-state index contributed by atoms with van der Waals surface area (Å²) in [6, 6.07) is 13.5. The van der Waals surface area contributed by atoms with Gasteiger partial charge in [0.15, 0.2) is 0 Å². The molecule has 0 atom stereocenters. The monoisotopic (exact) mass is 447 g/mol. The topological polar surface area (TPSA) is 50.5 Å². The number of hydrogen-bond donors (Lipinski definition) is 0. The second-order valence-corrected chi connectivity index (χ2v) is 7.63. The van der Waals surface area contributed by atoms with Gasteiger partial charge in [0.2, 0.25) is 0 Å². The Morgan fingerprint density at radius 1 is 1.00 bits per heavy atom. The van der Waals surface area contributed by atoms with Gasteiger partial charge in [-0.25, -0.2) is 4.39 Å². The lowest BCUT2D eigenvalue weighted by Crippen LogP contribution is -2.27. The molecule has 3 aromatic rings. The molecule has 31 heavy (non-hydrogen) atoms. The molecule has 4 rings (SSSR count). The number of benzene rings is 2. The Labute approximate surface area is 178 Å². The quantitative estimate of drug-likeness (QED) is 0.346. The number of halogens is 4. The van der Waals surface area contributed by atoms with Crippen molar-refractivity contribution < 1.29 is 31.6 Å². The van der Waals surface area contributed by atoms with Crippen LogP contribution in [0.2, 0.25) is 0 Å². The number of amides is 2. The maximum absolute atomic E-state index is 13.9. The summed E-state index contributed by atoms with van der Waals surface area (Å²) in [6.07, 6.45) is -3.15. The van der Waals surface area contributed by atoms with Gasteiger partial charge in [-0.05, 0) is 42.1 Å². The average Bonchev–Trinajstić information content (AvgIpc) is 3.29. The highest BCUT2D eigenvalue weighted by Crippen LogP contribution is 2.36. The van der Waals surface area contributed by atoms with Crippen LogP contribution in [-0.4, -0.2) is 16.0 Å². The summed E-state index contributed by atoms with van der Waals surface area (Å²) in [5.41, 5.74) is -0.379. The van der Waals surface area contributed by atoms with Crippen LogP contribution in [-0.2, 0) is 17.5 Å². The van der Waals surface area contributed by atoms with Gasteiger partial charge in [0, 0.05) is 17.2 Å². The fourth-order valence-electron chi connectivity index (χ4n) is 3.00. The number of imide groups is 1. The fraction of sp³-hybridized carbons (Fsp3) is 0.0909. The zero-order valence-electron chi connectivity index (χ0n) is 15.7. The number of nitrogens with zero attached hydrogens (tertiary/aromatic N) is 1. The molecule has 2 heterocycles. The molecule has 158 valence electrons. The SMILES string of the molecule is O=C1S/C(=C\c2ccc(-c3cccc(C(F)(F)F)c3)o2)C(=O)N1Cc1ccccc1F. The summed E-state index contributed by atoms with van der Waals surface area (Å²) in [7, 11) is 0. The van der Waals surface area contributed by atoms with E-state index in [0.29, 0.717) is 11.8 Å². The minimum absolute atomic E-state index is 0.0753. The number of rotatable bonds is 4.